The molecule has 4 rings (SSSR count). The summed E-state index contributed by atoms with van der Waals surface area (Å²) >= 11 is 0. The number of aromatic nitrogens is 1. The number of nitrogens with zero attached hydrogens (tertiary/aromatic N) is 2. The number of carboxylic acid groups (broad SMARTS) is 1. The first-order valence-electron chi connectivity index (χ1n) is 12.1. The highest BCUT2D eigenvalue weighted by Gasteiger charge is 2.35. The molecule has 2 aromatic carbocycles. The first kappa shape index (κ1) is 26.4. The van der Waals surface area contributed by atoms with E-state index in [-0.39, 0.29) is 17.9 Å². The van der Waals surface area contributed by atoms with Gasteiger partial charge < -0.3 is 9.84 Å². The van der Waals surface area contributed by atoms with Crippen LogP contribution in [0.3, 0.4) is 0 Å². The summed E-state index contributed by atoms with van der Waals surface area (Å²) in [7, 11) is 1.40. The molecule has 1 atom stereocenters. The average Bonchev–Trinajstić information content (AvgIpc) is 2.88. The lowest BCUT2D eigenvalue weighted by atomic mass is 9.97. The Morgan fingerprint density at radius 3 is 2.59 bits per heavy atom. The van der Waals surface area contributed by atoms with Gasteiger partial charge in [0.05, 0.1) is 18.4 Å². The minimum Gasteiger partial charge on any atom is -0.496 e. The molecular formula is C29H29F3N2O3. The van der Waals surface area contributed by atoms with E-state index in [1.807, 2.05) is 43.3 Å². The van der Waals surface area contributed by atoms with E-state index in [1.165, 1.54) is 19.3 Å². The van der Waals surface area contributed by atoms with Gasteiger partial charge in [-0.2, -0.15) is 13.2 Å². The van der Waals surface area contributed by atoms with Gasteiger partial charge in [-0.05, 0) is 72.8 Å². The molecule has 3 aromatic rings. The molecule has 0 saturated carbocycles. The highest BCUT2D eigenvalue weighted by Crippen LogP contribution is 2.38. The summed E-state index contributed by atoms with van der Waals surface area (Å²) in [5.74, 6) is -0.681. The number of hydrogen-bond donors (Lipinski definition) is 1. The summed E-state index contributed by atoms with van der Waals surface area (Å²) in [6.45, 7) is 2.46. The van der Waals surface area contributed by atoms with Gasteiger partial charge in [0, 0.05) is 18.3 Å². The molecule has 0 bridgehead atoms. The van der Waals surface area contributed by atoms with Crippen LogP contribution in [0.2, 0.25) is 0 Å². The molecule has 0 spiro atoms. The van der Waals surface area contributed by atoms with Crippen LogP contribution in [0.15, 0.2) is 54.7 Å². The van der Waals surface area contributed by atoms with Crippen LogP contribution in [-0.2, 0) is 17.5 Å². The fourth-order valence-electron chi connectivity index (χ4n) is 4.84. The van der Waals surface area contributed by atoms with E-state index in [2.05, 4.69) is 4.98 Å². The fourth-order valence-corrected chi connectivity index (χ4v) is 4.84. The lowest BCUT2D eigenvalue weighted by molar-refractivity contribution is -0.145. The second-order valence-electron chi connectivity index (χ2n) is 9.14. The number of carboxylic acids is 1. The normalized spacial score (nSPS) is 16.7. The van der Waals surface area contributed by atoms with Crippen LogP contribution in [0.4, 0.5) is 13.2 Å². The number of halogens is 3. The van der Waals surface area contributed by atoms with Gasteiger partial charge in [-0.15, -0.1) is 0 Å². The van der Waals surface area contributed by atoms with Crippen molar-refractivity contribution in [2.24, 2.45) is 0 Å². The summed E-state index contributed by atoms with van der Waals surface area (Å²) in [6, 6.07) is 13.3. The van der Waals surface area contributed by atoms with Crippen molar-refractivity contribution in [1.82, 2.24) is 9.88 Å². The maximum atomic E-state index is 14.1. The molecule has 2 heterocycles. The maximum Gasteiger partial charge on any atom is 0.417 e. The molecule has 1 N–H and O–H groups in total. The van der Waals surface area contributed by atoms with E-state index in [0.29, 0.717) is 24.2 Å². The molecule has 1 fully saturated rings. The largest absolute Gasteiger partial charge is 0.496 e. The van der Waals surface area contributed by atoms with Crippen LogP contribution in [0.25, 0.3) is 23.3 Å². The Balaban J connectivity index is 1.71. The topological polar surface area (TPSA) is 62.7 Å². The first-order valence-corrected chi connectivity index (χ1v) is 12.1. The van der Waals surface area contributed by atoms with E-state index in [4.69, 9.17) is 4.74 Å². The van der Waals surface area contributed by atoms with E-state index in [0.717, 1.165) is 35.6 Å². The Morgan fingerprint density at radius 2 is 1.92 bits per heavy atom. The van der Waals surface area contributed by atoms with Crippen LogP contribution >= 0.6 is 0 Å². The van der Waals surface area contributed by atoms with Gasteiger partial charge in [0.1, 0.15) is 11.8 Å². The van der Waals surface area contributed by atoms with Crippen molar-refractivity contribution in [3.63, 3.8) is 0 Å². The summed E-state index contributed by atoms with van der Waals surface area (Å²) < 4.78 is 47.9. The van der Waals surface area contributed by atoms with Crippen molar-refractivity contribution in [2.75, 3.05) is 13.7 Å². The second kappa shape index (κ2) is 11.2. The second-order valence-corrected chi connectivity index (χ2v) is 9.14. The summed E-state index contributed by atoms with van der Waals surface area (Å²) in [5.41, 5.74) is 2.82. The highest BCUT2D eigenvalue weighted by atomic mass is 19.4. The standard InChI is InChI=1S/C29H29F3N2O3/c1-19-23(20-8-4-3-5-9-20)13-14-33-25(19)12-11-21-17-27(37-2)22(16-24(21)29(30,31)32)18-34-15-7-6-10-26(34)28(35)36/h3-5,8-9,11-14,16-17,26H,6-7,10,15,18H2,1-2H3,(H,35,36)/b12-11+/t26-/m0/s1. The predicted molar refractivity (Wildman–Crippen MR) is 137 cm³/mol. The number of pyridine rings is 1. The van der Waals surface area contributed by atoms with Crippen LogP contribution in [0.5, 0.6) is 5.75 Å². The van der Waals surface area contributed by atoms with Crippen LogP contribution in [-0.4, -0.2) is 40.7 Å². The number of methoxy groups -OCH3 is 1. The summed E-state index contributed by atoms with van der Waals surface area (Å²) in [5, 5.41) is 9.57. The Labute approximate surface area is 214 Å². The number of aliphatic carboxylic acids is 1. The molecule has 8 heteroatoms. The molecule has 1 aromatic heterocycles. The van der Waals surface area contributed by atoms with Gasteiger partial charge in [0.25, 0.3) is 0 Å². The van der Waals surface area contributed by atoms with Crippen molar-refractivity contribution in [1.29, 1.82) is 0 Å². The van der Waals surface area contributed by atoms with E-state index >= 15 is 0 Å². The van der Waals surface area contributed by atoms with Gasteiger partial charge in [-0.25, -0.2) is 0 Å². The molecule has 37 heavy (non-hydrogen) atoms. The average molecular weight is 511 g/mol. The van der Waals surface area contributed by atoms with Gasteiger partial charge >= 0.3 is 12.1 Å². The van der Waals surface area contributed by atoms with E-state index in [9.17, 15) is 23.1 Å². The molecule has 0 amide bonds. The Hall–Kier alpha value is -3.65. The number of hydrogen-bond acceptors (Lipinski definition) is 4. The van der Waals surface area contributed by atoms with Crippen LogP contribution in [0.1, 0.15) is 47.2 Å². The molecule has 0 unspecified atom stereocenters. The Morgan fingerprint density at radius 1 is 1.16 bits per heavy atom. The molecule has 1 aliphatic heterocycles. The number of likely N-dealkylation sites (tertiary alicyclic amines) is 1. The fraction of sp³-hybridized carbons (Fsp3) is 0.310. The van der Waals surface area contributed by atoms with Crippen LogP contribution in [0, 0.1) is 6.92 Å². The number of ether oxygens (including phenoxy) is 1. The summed E-state index contributed by atoms with van der Waals surface area (Å²) in [6.07, 6.45) is 2.06. The first-order chi connectivity index (χ1) is 17.7. The van der Waals surface area contributed by atoms with Crippen molar-refractivity contribution in [3.05, 3.63) is 82.7 Å². The Bertz CT molecular complexity index is 1290. The Kier molecular flexibility index (Phi) is 7.97. The smallest absolute Gasteiger partial charge is 0.417 e. The lowest BCUT2D eigenvalue weighted by Gasteiger charge is -2.33. The zero-order valence-corrected chi connectivity index (χ0v) is 20.8. The monoisotopic (exact) mass is 510 g/mol. The third-order valence-electron chi connectivity index (χ3n) is 6.78. The molecule has 194 valence electrons. The predicted octanol–water partition coefficient (Wildman–Crippen LogP) is 6.69. The molecular weight excluding hydrogens is 481 g/mol. The molecule has 1 saturated heterocycles. The van der Waals surface area contributed by atoms with Gasteiger partial charge in [-0.3, -0.25) is 14.7 Å². The number of carbonyl (C=O) groups is 1. The van der Waals surface area contributed by atoms with Crippen LogP contribution < -0.4 is 4.74 Å². The number of piperidine rings is 1. The third-order valence-corrected chi connectivity index (χ3v) is 6.78. The van der Waals surface area contributed by atoms with E-state index < -0.39 is 23.8 Å². The minimum absolute atomic E-state index is 0.0483. The number of alkyl halides is 3. The highest BCUT2D eigenvalue weighted by molar-refractivity contribution is 5.77. The quantitative estimate of drug-likeness (QED) is 0.384. The van der Waals surface area contributed by atoms with Crippen molar-refractivity contribution >= 4 is 18.1 Å². The maximum absolute atomic E-state index is 14.1. The molecule has 0 aliphatic carbocycles. The molecule has 0 radical (unpaired) electrons. The zero-order chi connectivity index (χ0) is 26.6. The number of benzene rings is 2. The minimum atomic E-state index is -4.61. The number of rotatable bonds is 7. The lowest BCUT2D eigenvalue weighted by Crippen LogP contribution is -2.44. The molecule has 1 aliphatic rings. The third kappa shape index (κ3) is 6.02. The van der Waals surface area contributed by atoms with Crippen molar-refractivity contribution in [3.8, 4) is 16.9 Å². The van der Waals surface area contributed by atoms with Crippen molar-refractivity contribution < 1.29 is 27.8 Å². The van der Waals surface area contributed by atoms with Gasteiger partial charge in [0.15, 0.2) is 0 Å². The van der Waals surface area contributed by atoms with Crippen molar-refractivity contribution in [2.45, 2.75) is 44.9 Å². The zero-order valence-electron chi connectivity index (χ0n) is 20.8. The van der Waals surface area contributed by atoms with Gasteiger partial charge in [0.2, 0.25) is 0 Å². The van der Waals surface area contributed by atoms with Gasteiger partial charge in [-0.1, -0.05) is 42.8 Å². The summed E-state index contributed by atoms with van der Waals surface area (Å²) in [4.78, 5) is 17.8. The molecule has 5 nitrogen and oxygen atoms in total. The van der Waals surface area contributed by atoms with E-state index in [1.54, 1.807) is 17.2 Å². The SMILES string of the molecule is COc1cc(/C=C/c2nccc(-c3ccccc3)c2C)c(C(F)(F)F)cc1CN1CCCC[C@H]1C(=O)O.